The number of carbonyl (C=O) groups is 2. The summed E-state index contributed by atoms with van der Waals surface area (Å²) in [5.41, 5.74) is -1.04. The predicted octanol–water partition coefficient (Wildman–Crippen LogP) is 2.65. The normalized spacial score (nSPS) is 24.8. The molecule has 1 aromatic carbocycles. The molecule has 0 bridgehead atoms. The van der Waals surface area contributed by atoms with Gasteiger partial charge in [-0.1, -0.05) is 43.2 Å². The molecular formula is C25H33N4O4+. The molecular weight excluding hydrogens is 420 g/mol. The van der Waals surface area contributed by atoms with E-state index in [9.17, 15) is 14.7 Å². The van der Waals surface area contributed by atoms with Gasteiger partial charge in [0.25, 0.3) is 5.91 Å². The third-order valence-corrected chi connectivity index (χ3v) is 7.30. The summed E-state index contributed by atoms with van der Waals surface area (Å²) in [6, 6.07) is 9.13. The average molecular weight is 454 g/mol. The van der Waals surface area contributed by atoms with Crippen molar-refractivity contribution in [3.63, 3.8) is 0 Å². The van der Waals surface area contributed by atoms with E-state index in [2.05, 4.69) is 15.3 Å². The number of amides is 1. The van der Waals surface area contributed by atoms with Crippen LogP contribution in [0.25, 0.3) is 0 Å². The van der Waals surface area contributed by atoms with Crippen LogP contribution in [0, 0.1) is 5.92 Å². The van der Waals surface area contributed by atoms with E-state index >= 15 is 0 Å². The molecule has 176 valence electrons. The number of quaternary nitrogens is 1. The van der Waals surface area contributed by atoms with E-state index in [0.717, 1.165) is 45.1 Å². The summed E-state index contributed by atoms with van der Waals surface area (Å²) in [6.07, 6.45) is 10.0. The number of anilines is 1. The Kier molecular flexibility index (Phi) is 7.05. The molecule has 2 heterocycles. The Hall–Kier alpha value is -2.84. The van der Waals surface area contributed by atoms with Crippen molar-refractivity contribution < 1.29 is 23.9 Å². The number of esters is 1. The summed E-state index contributed by atoms with van der Waals surface area (Å²) in [6.45, 7) is 1.25. The van der Waals surface area contributed by atoms with Gasteiger partial charge in [0, 0.05) is 31.2 Å². The lowest BCUT2D eigenvalue weighted by molar-refractivity contribution is -0.913. The van der Waals surface area contributed by atoms with Crippen LogP contribution in [-0.4, -0.2) is 64.2 Å². The molecule has 2 aliphatic rings. The van der Waals surface area contributed by atoms with Crippen molar-refractivity contribution in [3.8, 4) is 0 Å². The van der Waals surface area contributed by atoms with Crippen LogP contribution in [0.4, 0.5) is 5.82 Å². The van der Waals surface area contributed by atoms with Gasteiger partial charge in [0.1, 0.15) is 12.6 Å². The van der Waals surface area contributed by atoms with Gasteiger partial charge in [-0.25, -0.2) is 9.78 Å². The molecule has 4 rings (SSSR count). The van der Waals surface area contributed by atoms with Crippen molar-refractivity contribution in [3.05, 3.63) is 54.5 Å². The van der Waals surface area contributed by atoms with Crippen LogP contribution in [0.5, 0.6) is 0 Å². The lowest BCUT2D eigenvalue weighted by Crippen LogP contribution is -2.54. The maximum atomic E-state index is 13.3. The summed E-state index contributed by atoms with van der Waals surface area (Å²) >= 11 is 0. The first kappa shape index (κ1) is 23.3. The van der Waals surface area contributed by atoms with Crippen LogP contribution in [0.15, 0.2) is 48.9 Å². The SMILES string of the molecule is C[N+]1(CC(=O)Nc2cnccn2)CCCC1COC(=O)C(O)(c1ccccc1)C1CCCC1. The minimum Gasteiger partial charge on any atom is -0.457 e. The largest absolute Gasteiger partial charge is 0.457 e. The van der Waals surface area contributed by atoms with Gasteiger partial charge < -0.3 is 19.6 Å². The quantitative estimate of drug-likeness (QED) is 0.471. The van der Waals surface area contributed by atoms with Crippen LogP contribution < -0.4 is 5.32 Å². The summed E-state index contributed by atoms with van der Waals surface area (Å²) in [4.78, 5) is 34.0. The van der Waals surface area contributed by atoms with Gasteiger partial charge in [0.15, 0.2) is 18.0 Å². The molecule has 1 aromatic heterocycles. The lowest BCUT2D eigenvalue weighted by atomic mass is 9.80. The monoisotopic (exact) mass is 453 g/mol. The number of ether oxygens (including phenoxy) is 1. The summed E-state index contributed by atoms with van der Waals surface area (Å²) < 4.78 is 6.27. The zero-order valence-corrected chi connectivity index (χ0v) is 19.2. The molecule has 3 unspecified atom stereocenters. The second-order valence-corrected chi connectivity index (χ2v) is 9.51. The number of benzene rings is 1. The molecule has 3 atom stereocenters. The van der Waals surface area contributed by atoms with Crippen LogP contribution in [0.1, 0.15) is 44.1 Å². The highest BCUT2D eigenvalue weighted by Crippen LogP contribution is 2.41. The van der Waals surface area contributed by atoms with Crippen molar-refractivity contribution in [1.29, 1.82) is 0 Å². The van der Waals surface area contributed by atoms with Gasteiger partial charge in [-0.15, -0.1) is 0 Å². The maximum absolute atomic E-state index is 13.3. The summed E-state index contributed by atoms with van der Waals surface area (Å²) in [5.74, 6) is -0.457. The zero-order chi connectivity index (χ0) is 23.3. The van der Waals surface area contributed by atoms with E-state index in [1.807, 2.05) is 25.2 Å². The fourth-order valence-electron chi connectivity index (χ4n) is 5.37. The van der Waals surface area contributed by atoms with Gasteiger partial charge in [0.2, 0.25) is 0 Å². The lowest BCUT2D eigenvalue weighted by Gasteiger charge is -2.36. The Morgan fingerprint density at radius 2 is 1.91 bits per heavy atom. The first-order chi connectivity index (χ1) is 15.9. The summed E-state index contributed by atoms with van der Waals surface area (Å²) in [7, 11) is 2.02. The van der Waals surface area contributed by atoms with Crippen LogP contribution in [0.2, 0.25) is 0 Å². The number of nitrogens with one attached hydrogen (secondary N) is 1. The standard InChI is InChI=1S/C25H32N4O4/c1-29(17-23(30)28-22-16-26-13-14-27-22)15-7-12-21(29)18-33-24(31)25(32,20-10-5-6-11-20)19-8-3-2-4-9-19/h2-4,8-9,13-14,16,20-21,32H,5-7,10-12,15,17-18H2,1H3/p+1. The van der Waals surface area contributed by atoms with E-state index in [-0.39, 0.29) is 31.0 Å². The van der Waals surface area contributed by atoms with Crippen LogP contribution in [-0.2, 0) is 19.9 Å². The Bertz CT molecular complexity index is 951. The summed E-state index contributed by atoms with van der Waals surface area (Å²) in [5, 5.41) is 14.4. The predicted molar refractivity (Wildman–Crippen MR) is 123 cm³/mol. The van der Waals surface area contributed by atoms with E-state index < -0.39 is 11.6 Å². The number of aromatic nitrogens is 2. The second kappa shape index (κ2) is 9.97. The number of hydrogen-bond donors (Lipinski definition) is 2. The van der Waals surface area contributed by atoms with Crippen molar-refractivity contribution >= 4 is 17.7 Å². The zero-order valence-electron chi connectivity index (χ0n) is 19.2. The Labute approximate surface area is 194 Å². The molecule has 8 heteroatoms. The average Bonchev–Trinajstić information content (AvgIpc) is 3.48. The van der Waals surface area contributed by atoms with E-state index in [4.69, 9.17) is 4.74 Å². The molecule has 1 aliphatic heterocycles. The molecule has 2 aromatic rings. The molecule has 0 radical (unpaired) electrons. The molecule has 1 amide bonds. The van der Waals surface area contributed by atoms with Gasteiger partial charge in [0.05, 0.1) is 19.8 Å². The topological polar surface area (TPSA) is 101 Å². The Balaban J connectivity index is 1.42. The number of carbonyl (C=O) groups excluding carboxylic acids is 2. The van der Waals surface area contributed by atoms with E-state index in [1.165, 1.54) is 12.4 Å². The maximum Gasteiger partial charge on any atom is 0.343 e. The molecule has 1 saturated carbocycles. The molecule has 1 saturated heterocycles. The Morgan fingerprint density at radius 1 is 1.15 bits per heavy atom. The fraction of sp³-hybridized carbons (Fsp3) is 0.520. The van der Waals surface area contributed by atoms with Gasteiger partial charge in [-0.05, 0) is 18.4 Å². The highest BCUT2D eigenvalue weighted by atomic mass is 16.6. The minimum absolute atomic E-state index is 0.00911. The molecule has 2 N–H and O–H groups in total. The smallest absolute Gasteiger partial charge is 0.343 e. The van der Waals surface area contributed by atoms with Gasteiger partial charge in [-0.3, -0.25) is 9.78 Å². The second-order valence-electron chi connectivity index (χ2n) is 9.51. The van der Waals surface area contributed by atoms with Gasteiger partial charge >= 0.3 is 5.97 Å². The van der Waals surface area contributed by atoms with Gasteiger partial charge in [-0.2, -0.15) is 0 Å². The van der Waals surface area contributed by atoms with Crippen molar-refractivity contribution in [2.24, 2.45) is 5.92 Å². The first-order valence-electron chi connectivity index (χ1n) is 11.8. The van der Waals surface area contributed by atoms with Crippen LogP contribution >= 0.6 is 0 Å². The van der Waals surface area contributed by atoms with Crippen molar-refractivity contribution in [2.75, 3.05) is 32.1 Å². The van der Waals surface area contributed by atoms with E-state index in [1.54, 1.807) is 18.3 Å². The van der Waals surface area contributed by atoms with Crippen molar-refractivity contribution in [1.82, 2.24) is 9.97 Å². The molecule has 0 spiro atoms. The minimum atomic E-state index is -1.64. The number of aliphatic hydroxyl groups is 1. The third-order valence-electron chi connectivity index (χ3n) is 7.30. The highest BCUT2D eigenvalue weighted by molar-refractivity contribution is 5.90. The number of rotatable bonds is 8. The van der Waals surface area contributed by atoms with E-state index in [0.29, 0.717) is 15.9 Å². The highest BCUT2D eigenvalue weighted by Gasteiger charge is 2.49. The number of likely N-dealkylation sites (tertiary alicyclic amines) is 1. The molecule has 8 nitrogen and oxygen atoms in total. The molecule has 2 fully saturated rings. The number of likely N-dealkylation sites (N-methyl/N-ethyl adjacent to an activating group) is 1. The fourth-order valence-corrected chi connectivity index (χ4v) is 5.37. The third kappa shape index (κ3) is 5.07. The molecule has 1 aliphatic carbocycles. The molecule has 33 heavy (non-hydrogen) atoms. The first-order valence-corrected chi connectivity index (χ1v) is 11.8. The Morgan fingerprint density at radius 3 is 2.61 bits per heavy atom. The number of nitrogens with zero attached hydrogens (tertiary/aromatic N) is 3. The van der Waals surface area contributed by atoms with Crippen molar-refractivity contribution in [2.45, 2.75) is 50.2 Å². The van der Waals surface area contributed by atoms with Crippen LogP contribution in [0.3, 0.4) is 0 Å². The number of hydrogen-bond acceptors (Lipinski definition) is 6.